The van der Waals surface area contributed by atoms with Crippen LogP contribution in [0.15, 0.2) is 24.3 Å². The summed E-state index contributed by atoms with van der Waals surface area (Å²) in [5, 5.41) is 8.61. The molecule has 0 fully saturated rings. The molecule has 1 rings (SSSR count). The number of halogens is 1. The molecule has 98 valence electrons. The van der Waals surface area contributed by atoms with Gasteiger partial charge in [0, 0.05) is 19.9 Å². The number of rotatable bonds is 5. The third-order valence-corrected chi connectivity index (χ3v) is 2.63. The molecule has 0 aromatic heterocycles. The van der Waals surface area contributed by atoms with Crippen LogP contribution in [-0.2, 0) is 9.59 Å². The molecule has 0 aliphatic carbocycles. The molecule has 1 unspecified atom stereocenters. The molecule has 4 nitrogen and oxygen atoms in total. The van der Waals surface area contributed by atoms with Crippen molar-refractivity contribution in [2.45, 2.75) is 19.8 Å². The highest BCUT2D eigenvalue weighted by molar-refractivity contribution is 5.93. The average Bonchev–Trinajstić information content (AvgIpc) is 2.27. The van der Waals surface area contributed by atoms with Crippen molar-refractivity contribution in [2.24, 2.45) is 5.92 Å². The fourth-order valence-electron chi connectivity index (χ4n) is 1.66. The Morgan fingerprint density at radius 3 is 2.50 bits per heavy atom. The van der Waals surface area contributed by atoms with Crippen molar-refractivity contribution in [3.63, 3.8) is 0 Å². The second kappa shape index (κ2) is 6.14. The maximum absolute atomic E-state index is 13.5. The molecule has 0 saturated heterocycles. The summed E-state index contributed by atoms with van der Waals surface area (Å²) in [4.78, 5) is 23.6. The van der Waals surface area contributed by atoms with E-state index >= 15 is 0 Å². The first-order chi connectivity index (χ1) is 8.41. The Morgan fingerprint density at radius 2 is 1.94 bits per heavy atom. The van der Waals surface area contributed by atoms with Crippen LogP contribution in [0.1, 0.15) is 19.8 Å². The molecule has 0 spiro atoms. The molecule has 0 radical (unpaired) electrons. The first kappa shape index (κ1) is 14.2. The summed E-state index contributed by atoms with van der Waals surface area (Å²) in [5.41, 5.74) is 0.199. The number of benzene rings is 1. The van der Waals surface area contributed by atoms with Gasteiger partial charge in [-0.05, 0) is 18.1 Å². The van der Waals surface area contributed by atoms with Gasteiger partial charge in [-0.1, -0.05) is 19.1 Å². The number of nitrogens with zero attached hydrogens (tertiary/aromatic N) is 1. The SMILES string of the molecule is CC(CC(=O)O)CC(=O)N(C)c1ccccc1F. The van der Waals surface area contributed by atoms with Crippen LogP contribution in [0.5, 0.6) is 0 Å². The van der Waals surface area contributed by atoms with E-state index < -0.39 is 11.8 Å². The number of carboxylic acid groups (broad SMARTS) is 1. The van der Waals surface area contributed by atoms with Crippen molar-refractivity contribution in [2.75, 3.05) is 11.9 Å². The molecule has 0 heterocycles. The third kappa shape index (κ3) is 3.84. The lowest BCUT2D eigenvalue weighted by Crippen LogP contribution is -2.28. The maximum Gasteiger partial charge on any atom is 0.303 e. The minimum absolute atomic E-state index is 0.0726. The average molecular weight is 253 g/mol. The highest BCUT2D eigenvalue weighted by atomic mass is 19.1. The van der Waals surface area contributed by atoms with E-state index in [-0.39, 0.29) is 30.4 Å². The Bertz CT molecular complexity index is 448. The molecular weight excluding hydrogens is 237 g/mol. The zero-order chi connectivity index (χ0) is 13.7. The lowest BCUT2D eigenvalue weighted by atomic mass is 10.0. The summed E-state index contributed by atoms with van der Waals surface area (Å²) in [6.07, 6.45) is 0.00792. The largest absolute Gasteiger partial charge is 0.481 e. The van der Waals surface area contributed by atoms with Gasteiger partial charge in [0.1, 0.15) is 5.82 Å². The van der Waals surface area contributed by atoms with E-state index in [1.807, 2.05) is 0 Å². The van der Waals surface area contributed by atoms with Gasteiger partial charge in [-0.25, -0.2) is 4.39 Å². The predicted molar refractivity (Wildman–Crippen MR) is 65.8 cm³/mol. The summed E-state index contributed by atoms with van der Waals surface area (Å²) in [6, 6.07) is 5.97. The van der Waals surface area contributed by atoms with E-state index in [0.717, 1.165) is 0 Å². The van der Waals surface area contributed by atoms with Crippen LogP contribution in [0.3, 0.4) is 0 Å². The number of aliphatic carboxylic acids is 1. The number of carbonyl (C=O) groups excluding carboxylic acids is 1. The predicted octanol–water partition coefficient (Wildman–Crippen LogP) is 2.29. The first-order valence-electron chi connectivity index (χ1n) is 5.64. The van der Waals surface area contributed by atoms with E-state index in [9.17, 15) is 14.0 Å². The quantitative estimate of drug-likeness (QED) is 0.875. The Kier molecular flexibility index (Phi) is 4.83. The van der Waals surface area contributed by atoms with Crippen LogP contribution < -0.4 is 4.90 Å². The monoisotopic (exact) mass is 253 g/mol. The standard InChI is InChI=1S/C13H16FNO3/c1-9(8-13(17)18)7-12(16)15(2)11-6-4-3-5-10(11)14/h3-6,9H,7-8H2,1-2H3,(H,17,18). The number of para-hydroxylation sites is 1. The molecule has 1 atom stereocenters. The van der Waals surface area contributed by atoms with Gasteiger partial charge in [0.05, 0.1) is 5.69 Å². The van der Waals surface area contributed by atoms with E-state index in [1.165, 1.54) is 24.1 Å². The Balaban J connectivity index is 2.67. The number of amides is 1. The zero-order valence-corrected chi connectivity index (χ0v) is 10.4. The number of hydrogen-bond donors (Lipinski definition) is 1. The van der Waals surface area contributed by atoms with Crippen LogP contribution >= 0.6 is 0 Å². The van der Waals surface area contributed by atoms with Crippen LogP contribution in [0.4, 0.5) is 10.1 Å². The Morgan fingerprint density at radius 1 is 1.33 bits per heavy atom. The van der Waals surface area contributed by atoms with Gasteiger partial charge < -0.3 is 10.0 Å². The highest BCUT2D eigenvalue weighted by Gasteiger charge is 2.18. The number of anilines is 1. The lowest BCUT2D eigenvalue weighted by molar-refractivity contribution is -0.138. The first-order valence-corrected chi connectivity index (χ1v) is 5.64. The topological polar surface area (TPSA) is 57.6 Å². The van der Waals surface area contributed by atoms with Gasteiger partial charge in [0.15, 0.2) is 0 Å². The van der Waals surface area contributed by atoms with E-state index in [4.69, 9.17) is 5.11 Å². The lowest BCUT2D eigenvalue weighted by Gasteiger charge is -2.19. The van der Waals surface area contributed by atoms with Gasteiger partial charge in [-0.3, -0.25) is 9.59 Å². The fourth-order valence-corrected chi connectivity index (χ4v) is 1.66. The maximum atomic E-state index is 13.5. The van der Waals surface area contributed by atoms with Crippen LogP contribution in [0.25, 0.3) is 0 Å². The number of carbonyl (C=O) groups is 2. The molecule has 1 aromatic carbocycles. The van der Waals surface area contributed by atoms with Crippen LogP contribution in [-0.4, -0.2) is 24.0 Å². The van der Waals surface area contributed by atoms with Crippen molar-refractivity contribution >= 4 is 17.6 Å². The molecule has 0 aliphatic heterocycles. The van der Waals surface area contributed by atoms with Gasteiger partial charge in [-0.2, -0.15) is 0 Å². The third-order valence-electron chi connectivity index (χ3n) is 2.63. The second-order valence-corrected chi connectivity index (χ2v) is 4.31. The molecule has 1 amide bonds. The number of hydrogen-bond acceptors (Lipinski definition) is 2. The highest BCUT2D eigenvalue weighted by Crippen LogP contribution is 2.19. The molecular formula is C13H16FNO3. The summed E-state index contributed by atoms with van der Waals surface area (Å²) < 4.78 is 13.5. The Hall–Kier alpha value is -1.91. The van der Waals surface area contributed by atoms with Gasteiger partial charge in [0.2, 0.25) is 5.91 Å². The smallest absolute Gasteiger partial charge is 0.303 e. The van der Waals surface area contributed by atoms with Gasteiger partial charge >= 0.3 is 5.97 Å². The molecule has 5 heteroatoms. The summed E-state index contributed by atoms with van der Waals surface area (Å²) >= 11 is 0. The minimum Gasteiger partial charge on any atom is -0.481 e. The van der Waals surface area contributed by atoms with E-state index in [0.29, 0.717) is 0 Å². The normalized spacial score (nSPS) is 11.9. The molecule has 1 aromatic rings. The summed E-state index contributed by atoms with van der Waals surface area (Å²) in [5.74, 6) is -1.99. The molecule has 18 heavy (non-hydrogen) atoms. The molecule has 0 saturated carbocycles. The van der Waals surface area contributed by atoms with Crippen molar-refractivity contribution in [3.8, 4) is 0 Å². The number of carboxylic acids is 1. The van der Waals surface area contributed by atoms with Crippen LogP contribution in [0.2, 0.25) is 0 Å². The van der Waals surface area contributed by atoms with Crippen molar-refractivity contribution in [1.82, 2.24) is 0 Å². The van der Waals surface area contributed by atoms with E-state index in [1.54, 1.807) is 19.1 Å². The fraction of sp³-hybridized carbons (Fsp3) is 0.385. The second-order valence-electron chi connectivity index (χ2n) is 4.31. The molecule has 0 bridgehead atoms. The van der Waals surface area contributed by atoms with Crippen LogP contribution in [0, 0.1) is 11.7 Å². The molecule has 0 aliphatic rings. The molecule has 1 N–H and O–H groups in total. The van der Waals surface area contributed by atoms with Crippen molar-refractivity contribution in [3.05, 3.63) is 30.1 Å². The van der Waals surface area contributed by atoms with E-state index in [2.05, 4.69) is 0 Å². The minimum atomic E-state index is -0.941. The van der Waals surface area contributed by atoms with Gasteiger partial charge in [0.25, 0.3) is 0 Å². The summed E-state index contributed by atoms with van der Waals surface area (Å²) in [6.45, 7) is 1.68. The van der Waals surface area contributed by atoms with Crippen molar-refractivity contribution in [1.29, 1.82) is 0 Å². The Labute approximate surface area is 105 Å². The van der Waals surface area contributed by atoms with Crippen molar-refractivity contribution < 1.29 is 19.1 Å². The summed E-state index contributed by atoms with van der Waals surface area (Å²) in [7, 11) is 1.48. The zero-order valence-electron chi connectivity index (χ0n) is 10.4. The van der Waals surface area contributed by atoms with Gasteiger partial charge in [-0.15, -0.1) is 0 Å².